The fraction of sp³-hybridized carbons (Fsp3) is 0.343. The first-order chi connectivity index (χ1) is 21.0. The standard InChI is InChI=1S/C35H39NO6S/c1-40-35(39)18-10-22-41-31-16-9-15-27(29(31)19-20-34(37)38)14-5-2-3-8-21-42-33-25-28(26-12-6-4-7-13-26)24-30(36-33)32-17-11-23-43-32/h4,6-7,9,11-13,15-17,23-25H,2-3,5,8,10,14,18-22H2,1H3,(H,37,38). The van der Waals surface area contributed by atoms with Gasteiger partial charge in [-0.05, 0) is 77.9 Å². The fourth-order valence-corrected chi connectivity index (χ4v) is 5.56. The zero-order valence-corrected chi connectivity index (χ0v) is 25.4. The van der Waals surface area contributed by atoms with Gasteiger partial charge in [-0.3, -0.25) is 9.59 Å². The number of carboxylic acids is 1. The third-order valence-electron chi connectivity index (χ3n) is 7.10. The van der Waals surface area contributed by atoms with Crippen LogP contribution in [0.15, 0.2) is 78.2 Å². The van der Waals surface area contributed by atoms with Crippen molar-refractivity contribution in [3.63, 3.8) is 0 Å². The Balaban J connectivity index is 1.27. The highest BCUT2D eigenvalue weighted by molar-refractivity contribution is 7.13. The molecule has 0 saturated heterocycles. The van der Waals surface area contributed by atoms with Crippen molar-refractivity contribution < 1.29 is 28.9 Å². The largest absolute Gasteiger partial charge is 0.493 e. The van der Waals surface area contributed by atoms with Crippen LogP contribution in [-0.2, 0) is 27.2 Å². The smallest absolute Gasteiger partial charge is 0.305 e. The van der Waals surface area contributed by atoms with Crippen LogP contribution in [0.1, 0.15) is 56.1 Å². The van der Waals surface area contributed by atoms with E-state index in [-0.39, 0.29) is 18.8 Å². The molecule has 0 radical (unpaired) electrons. The molecule has 0 atom stereocenters. The van der Waals surface area contributed by atoms with Gasteiger partial charge < -0.3 is 19.3 Å². The molecule has 0 aliphatic rings. The van der Waals surface area contributed by atoms with Crippen molar-refractivity contribution in [2.45, 2.75) is 57.8 Å². The Bertz CT molecular complexity index is 1440. The number of nitrogens with zero attached hydrogens (tertiary/aromatic N) is 1. The lowest BCUT2D eigenvalue weighted by molar-refractivity contribution is -0.141. The van der Waals surface area contributed by atoms with E-state index < -0.39 is 5.97 Å². The Morgan fingerprint density at radius 3 is 2.37 bits per heavy atom. The molecule has 4 rings (SSSR count). The lowest BCUT2D eigenvalue weighted by Gasteiger charge is -2.15. The number of benzene rings is 2. The number of aromatic nitrogens is 1. The first-order valence-electron chi connectivity index (χ1n) is 14.8. The van der Waals surface area contributed by atoms with Crippen LogP contribution in [-0.4, -0.2) is 42.4 Å². The maximum atomic E-state index is 11.4. The Morgan fingerprint density at radius 2 is 1.60 bits per heavy atom. The highest BCUT2D eigenvalue weighted by Gasteiger charge is 2.13. The number of ether oxygens (including phenoxy) is 3. The number of rotatable bonds is 18. The minimum atomic E-state index is -0.835. The molecule has 2 aromatic heterocycles. The molecule has 4 aromatic rings. The minimum Gasteiger partial charge on any atom is -0.493 e. The van der Waals surface area contributed by atoms with Gasteiger partial charge in [0.25, 0.3) is 0 Å². The highest BCUT2D eigenvalue weighted by atomic mass is 32.1. The van der Waals surface area contributed by atoms with Crippen LogP contribution in [0.3, 0.4) is 0 Å². The number of hydrogen-bond donors (Lipinski definition) is 1. The van der Waals surface area contributed by atoms with E-state index in [0.717, 1.165) is 64.9 Å². The van der Waals surface area contributed by atoms with E-state index in [1.165, 1.54) is 7.11 Å². The zero-order chi connectivity index (χ0) is 30.3. The van der Waals surface area contributed by atoms with Gasteiger partial charge in [0, 0.05) is 18.9 Å². The van der Waals surface area contributed by atoms with Gasteiger partial charge >= 0.3 is 11.9 Å². The number of thiophene rings is 1. The first-order valence-corrected chi connectivity index (χ1v) is 15.7. The van der Waals surface area contributed by atoms with Crippen molar-refractivity contribution in [2.75, 3.05) is 20.3 Å². The van der Waals surface area contributed by atoms with Crippen molar-refractivity contribution in [1.29, 1.82) is 0 Å². The summed E-state index contributed by atoms with van der Waals surface area (Å²) in [5, 5.41) is 11.3. The molecule has 43 heavy (non-hydrogen) atoms. The number of esters is 1. The van der Waals surface area contributed by atoms with Crippen molar-refractivity contribution in [3.05, 3.63) is 89.3 Å². The number of aliphatic carboxylic acids is 1. The second-order valence-corrected chi connectivity index (χ2v) is 11.2. The number of methoxy groups -OCH3 is 1. The quantitative estimate of drug-likeness (QED) is 0.0912. The molecule has 0 bridgehead atoms. The molecular formula is C35H39NO6S. The predicted octanol–water partition coefficient (Wildman–Crippen LogP) is 8.01. The normalized spacial score (nSPS) is 10.8. The molecule has 1 N–H and O–H groups in total. The maximum Gasteiger partial charge on any atom is 0.305 e. The summed E-state index contributed by atoms with van der Waals surface area (Å²) < 4.78 is 16.8. The van der Waals surface area contributed by atoms with Gasteiger partial charge in [-0.2, -0.15) is 0 Å². The third kappa shape index (κ3) is 10.3. The van der Waals surface area contributed by atoms with E-state index in [1.807, 2.05) is 42.5 Å². The van der Waals surface area contributed by atoms with E-state index in [1.54, 1.807) is 11.3 Å². The molecule has 2 heterocycles. The molecule has 7 nitrogen and oxygen atoms in total. The first kappa shape index (κ1) is 31.8. The van der Waals surface area contributed by atoms with Crippen LogP contribution >= 0.6 is 11.3 Å². The number of hydrogen-bond acceptors (Lipinski definition) is 7. The summed E-state index contributed by atoms with van der Waals surface area (Å²) in [5.41, 5.74) is 5.19. The van der Waals surface area contributed by atoms with Gasteiger partial charge in [-0.1, -0.05) is 61.4 Å². The molecule has 226 valence electrons. The summed E-state index contributed by atoms with van der Waals surface area (Å²) >= 11 is 1.67. The van der Waals surface area contributed by atoms with Gasteiger partial charge in [0.05, 0.1) is 30.9 Å². The summed E-state index contributed by atoms with van der Waals surface area (Å²) in [7, 11) is 1.37. The summed E-state index contributed by atoms with van der Waals surface area (Å²) in [6, 6.07) is 24.4. The molecule has 0 aliphatic heterocycles. The monoisotopic (exact) mass is 601 g/mol. The molecule has 0 unspecified atom stereocenters. The van der Waals surface area contributed by atoms with E-state index >= 15 is 0 Å². The van der Waals surface area contributed by atoms with E-state index in [4.69, 9.17) is 14.5 Å². The Labute approximate surface area is 257 Å². The van der Waals surface area contributed by atoms with Crippen molar-refractivity contribution in [2.24, 2.45) is 0 Å². The SMILES string of the molecule is COC(=O)CCCOc1cccc(CCCCCCOc2cc(-c3ccccc3)cc(-c3cccs3)n2)c1CCC(=O)O. The minimum absolute atomic E-state index is 0.0422. The molecule has 2 aromatic carbocycles. The molecule has 0 fully saturated rings. The van der Waals surface area contributed by atoms with Gasteiger partial charge in [0.2, 0.25) is 5.88 Å². The van der Waals surface area contributed by atoms with E-state index in [9.17, 15) is 14.7 Å². The predicted molar refractivity (Wildman–Crippen MR) is 170 cm³/mol. The number of unbranched alkanes of at least 4 members (excludes halogenated alkanes) is 3. The molecule has 0 saturated carbocycles. The van der Waals surface area contributed by atoms with Gasteiger partial charge in [-0.25, -0.2) is 4.98 Å². The van der Waals surface area contributed by atoms with Crippen LogP contribution < -0.4 is 9.47 Å². The number of carbonyl (C=O) groups excluding carboxylic acids is 1. The van der Waals surface area contributed by atoms with Crippen LogP contribution in [0, 0.1) is 0 Å². The van der Waals surface area contributed by atoms with Crippen LogP contribution in [0.2, 0.25) is 0 Å². The van der Waals surface area contributed by atoms with Gasteiger partial charge in [0.15, 0.2) is 0 Å². The summed E-state index contributed by atoms with van der Waals surface area (Å²) in [6.07, 6.45) is 6.08. The molecule has 0 aliphatic carbocycles. The van der Waals surface area contributed by atoms with Crippen LogP contribution in [0.5, 0.6) is 11.6 Å². The average molecular weight is 602 g/mol. The second-order valence-electron chi connectivity index (χ2n) is 10.3. The van der Waals surface area contributed by atoms with Gasteiger partial charge in [0.1, 0.15) is 5.75 Å². The lowest BCUT2D eigenvalue weighted by Crippen LogP contribution is -2.08. The molecule has 0 amide bonds. The van der Waals surface area contributed by atoms with E-state index in [0.29, 0.717) is 37.7 Å². The summed E-state index contributed by atoms with van der Waals surface area (Å²) in [4.78, 5) is 28.6. The summed E-state index contributed by atoms with van der Waals surface area (Å²) in [6.45, 7) is 0.963. The Hall–Kier alpha value is -4.17. The average Bonchev–Trinajstić information content (AvgIpc) is 3.57. The molecular weight excluding hydrogens is 562 g/mol. The highest BCUT2D eigenvalue weighted by Crippen LogP contribution is 2.31. The van der Waals surface area contributed by atoms with Crippen molar-refractivity contribution >= 4 is 23.3 Å². The van der Waals surface area contributed by atoms with Crippen LogP contribution in [0.4, 0.5) is 0 Å². The maximum absolute atomic E-state index is 11.4. The number of carbonyl (C=O) groups is 2. The summed E-state index contributed by atoms with van der Waals surface area (Å²) in [5.74, 6) is 0.229. The Morgan fingerprint density at radius 1 is 0.791 bits per heavy atom. The number of carboxylic acid groups (broad SMARTS) is 1. The second kappa shape index (κ2) is 17.1. The molecule has 8 heteroatoms. The zero-order valence-electron chi connectivity index (χ0n) is 24.6. The number of pyridine rings is 1. The van der Waals surface area contributed by atoms with Crippen molar-refractivity contribution in [3.8, 4) is 33.3 Å². The third-order valence-corrected chi connectivity index (χ3v) is 7.99. The fourth-order valence-electron chi connectivity index (χ4n) is 4.87. The number of aryl methyl sites for hydroxylation is 1. The van der Waals surface area contributed by atoms with E-state index in [2.05, 4.69) is 40.4 Å². The Kier molecular flexibility index (Phi) is 12.6. The van der Waals surface area contributed by atoms with Crippen LogP contribution in [0.25, 0.3) is 21.7 Å². The lowest BCUT2D eigenvalue weighted by atomic mass is 9.97. The molecule has 0 spiro atoms. The topological polar surface area (TPSA) is 95.0 Å². The van der Waals surface area contributed by atoms with Gasteiger partial charge in [-0.15, -0.1) is 11.3 Å². The van der Waals surface area contributed by atoms with Crippen molar-refractivity contribution in [1.82, 2.24) is 4.98 Å².